The maximum absolute atomic E-state index is 13.7. The number of nitrogens with one attached hydrogen (secondary N) is 2. The number of hydrogen-bond acceptors (Lipinski definition) is 14. The van der Waals surface area contributed by atoms with Crippen molar-refractivity contribution in [3.8, 4) is 0 Å². The molecule has 0 aliphatic carbocycles. The third-order valence-corrected chi connectivity index (χ3v) is 7.24. The van der Waals surface area contributed by atoms with E-state index in [0.717, 1.165) is 0 Å². The zero-order valence-corrected chi connectivity index (χ0v) is 37.2. The minimum atomic E-state index is -1.34. The van der Waals surface area contributed by atoms with Crippen LogP contribution in [0, 0.1) is 11.8 Å². The Morgan fingerprint density at radius 1 is 0.386 bits per heavy atom. The zero-order valence-electron chi connectivity index (χ0n) is 37.2. The van der Waals surface area contributed by atoms with Crippen molar-refractivity contribution in [1.82, 2.24) is 10.6 Å². The molecule has 0 bridgehead atoms. The Balaban J connectivity index is 6.38. The Morgan fingerprint density at radius 3 is 1.00 bits per heavy atom. The Kier molecular flexibility index (Phi) is 20.4. The monoisotopic (exact) mass is 814 g/mol. The lowest BCUT2D eigenvalue weighted by molar-refractivity contribution is -0.174. The molecule has 328 valence electrons. The molecule has 2 N–H and O–H groups in total. The Hall–Kier alpha value is -4.24. The smallest absolute Gasteiger partial charge is 0.329 e. The Morgan fingerprint density at radius 2 is 0.667 bits per heavy atom. The third-order valence-electron chi connectivity index (χ3n) is 7.24. The van der Waals surface area contributed by atoms with Crippen LogP contribution in [0.1, 0.15) is 155 Å². The van der Waals surface area contributed by atoms with Crippen LogP contribution in [0.4, 0.5) is 0 Å². The molecule has 0 rings (SSSR count). The van der Waals surface area contributed by atoms with Gasteiger partial charge >= 0.3 is 35.8 Å². The lowest BCUT2D eigenvalue weighted by atomic mass is 9.84. The molecular formula is C41H70N2O14. The standard InChI is InChI=1S/C41H70N2O14/c1-37(2,3)53-32(47)23-18-26(34(49)55-39(7,8)9)25(33(48)54-38(4,5)6)17-21-29(44)42-27(35(50)56-40(10,11)12)19-22-30(45)43-28(20-24-31(46)52-16)36(51)57-41(13,14)15/h25-28H,17-24H2,1-16H3,(H,42,44)(H,43,45)/t25-,26+,27-,28-/m0/s1. The number of ether oxygens (including phenoxy) is 6. The molecule has 0 spiro atoms. The van der Waals surface area contributed by atoms with Crippen molar-refractivity contribution in [3.05, 3.63) is 0 Å². The first-order valence-corrected chi connectivity index (χ1v) is 19.4. The van der Waals surface area contributed by atoms with E-state index in [2.05, 4.69) is 15.4 Å². The molecule has 57 heavy (non-hydrogen) atoms. The quantitative estimate of drug-likeness (QED) is 0.127. The second kappa shape index (κ2) is 22.1. The summed E-state index contributed by atoms with van der Waals surface area (Å²) in [6, 6.07) is -2.55. The average molecular weight is 815 g/mol. The van der Waals surface area contributed by atoms with E-state index in [4.69, 9.17) is 23.7 Å². The largest absolute Gasteiger partial charge is 0.469 e. The lowest BCUT2D eigenvalue weighted by Crippen LogP contribution is -2.47. The third kappa shape index (κ3) is 25.6. The van der Waals surface area contributed by atoms with E-state index in [9.17, 15) is 38.4 Å². The number of carbonyl (C=O) groups is 8. The maximum atomic E-state index is 13.7. The molecule has 0 fully saturated rings. The van der Waals surface area contributed by atoms with Crippen molar-refractivity contribution >= 4 is 47.6 Å². The van der Waals surface area contributed by atoms with Crippen molar-refractivity contribution in [2.75, 3.05) is 7.11 Å². The molecule has 2 amide bonds. The molecule has 0 heterocycles. The van der Waals surface area contributed by atoms with Gasteiger partial charge in [0.1, 0.15) is 40.1 Å². The first-order valence-electron chi connectivity index (χ1n) is 19.4. The van der Waals surface area contributed by atoms with Crippen LogP contribution < -0.4 is 10.6 Å². The highest BCUT2D eigenvalue weighted by Gasteiger charge is 2.40. The fourth-order valence-electron chi connectivity index (χ4n) is 5.09. The molecule has 0 aromatic heterocycles. The molecule has 0 unspecified atom stereocenters. The van der Waals surface area contributed by atoms with Gasteiger partial charge in [-0.1, -0.05) is 0 Å². The molecule has 0 aromatic carbocycles. The second-order valence-electron chi connectivity index (χ2n) is 18.9. The minimum absolute atomic E-state index is 0.111. The van der Waals surface area contributed by atoms with Gasteiger partial charge in [-0.2, -0.15) is 0 Å². The molecule has 0 saturated carbocycles. The van der Waals surface area contributed by atoms with E-state index >= 15 is 0 Å². The summed E-state index contributed by atoms with van der Waals surface area (Å²) in [6.45, 7) is 24.8. The predicted molar refractivity (Wildman–Crippen MR) is 209 cm³/mol. The van der Waals surface area contributed by atoms with Crippen molar-refractivity contribution in [3.63, 3.8) is 0 Å². The molecule has 4 atom stereocenters. The second-order valence-corrected chi connectivity index (χ2v) is 18.9. The summed E-state index contributed by atoms with van der Waals surface area (Å²) in [5.74, 6) is -8.19. The van der Waals surface area contributed by atoms with Gasteiger partial charge in [0.15, 0.2) is 0 Å². The minimum Gasteiger partial charge on any atom is -0.469 e. The fourth-order valence-corrected chi connectivity index (χ4v) is 5.09. The van der Waals surface area contributed by atoms with Gasteiger partial charge in [0.2, 0.25) is 11.8 Å². The summed E-state index contributed by atoms with van der Waals surface area (Å²) in [5, 5.41) is 5.13. The number of methoxy groups -OCH3 is 1. The van der Waals surface area contributed by atoms with E-state index in [1.807, 2.05) is 0 Å². The molecule has 0 saturated heterocycles. The summed E-state index contributed by atoms with van der Waals surface area (Å²) in [5.41, 5.74) is -4.56. The van der Waals surface area contributed by atoms with Gasteiger partial charge in [-0.25, -0.2) is 9.59 Å². The average Bonchev–Trinajstić information content (AvgIpc) is 2.97. The highest BCUT2D eigenvalue weighted by Crippen LogP contribution is 2.30. The molecule has 16 heteroatoms. The van der Waals surface area contributed by atoms with Gasteiger partial charge < -0.3 is 39.1 Å². The lowest BCUT2D eigenvalue weighted by Gasteiger charge is -2.31. The van der Waals surface area contributed by atoms with Crippen LogP contribution in [0.3, 0.4) is 0 Å². The SMILES string of the molecule is COC(=O)CC[C@H](NC(=O)CC[C@H](NC(=O)CC[C@H](C(=O)OC(C)(C)C)[C@@H](CCC(=O)OC(C)(C)C)C(=O)OC(C)(C)C)C(=O)OC(C)(C)C)C(=O)OC(C)(C)C. The van der Waals surface area contributed by atoms with Crippen LogP contribution in [0.25, 0.3) is 0 Å². The van der Waals surface area contributed by atoms with E-state index in [1.165, 1.54) is 7.11 Å². The number of amides is 2. The number of carbonyl (C=O) groups excluding carboxylic acids is 8. The Bertz CT molecular complexity index is 1400. The van der Waals surface area contributed by atoms with Crippen molar-refractivity contribution < 1.29 is 66.8 Å². The van der Waals surface area contributed by atoms with E-state index in [-0.39, 0.29) is 51.4 Å². The first kappa shape index (κ1) is 52.8. The van der Waals surface area contributed by atoms with E-state index in [1.54, 1.807) is 104 Å². The topological polar surface area (TPSA) is 216 Å². The van der Waals surface area contributed by atoms with Crippen molar-refractivity contribution in [1.29, 1.82) is 0 Å². The van der Waals surface area contributed by atoms with Gasteiger partial charge in [0.25, 0.3) is 0 Å². The maximum Gasteiger partial charge on any atom is 0.329 e. The van der Waals surface area contributed by atoms with Crippen LogP contribution in [0.5, 0.6) is 0 Å². The van der Waals surface area contributed by atoms with Gasteiger partial charge in [-0.05, 0) is 130 Å². The van der Waals surface area contributed by atoms with Crippen molar-refractivity contribution in [2.24, 2.45) is 11.8 Å². The molecule has 0 aliphatic heterocycles. The predicted octanol–water partition coefficient (Wildman–Crippen LogP) is 5.19. The van der Waals surface area contributed by atoms with E-state index in [0.29, 0.717) is 0 Å². The van der Waals surface area contributed by atoms with Crippen LogP contribution in [0.2, 0.25) is 0 Å². The molecule has 0 aliphatic rings. The molecule has 0 aromatic rings. The van der Waals surface area contributed by atoms with Crippen LogP contribution in [0.15, 0.2) is 0 Å². The summed E-state index contributed by atoms with van der Waals surface area (Å²) >= 11 is 0. The normalized spacial score (nSPS) is 14.5. The summed E-state index contributed by atoms with van der Waals surface area (Å²) in [6.07, 6.45) is -1.89. The summed E-state index contributed by atoms with van der Waals surface area (Å²) in [7, 11) is 1.19. The molecule has 16 nitrogen and oxygen atoms in total. The Labute approximate surface area is 338 Å². The molecular weight excluding hydrogens is 744 g/mol. The van der Waals surface area contributed by atoms with Gasteiger partial charge in [-0.3, -0.25) is 28.8 Å². The van der Waals surface area contributed by atoms with E-state index < -0.39 is 99.6 Å². The zero-order chi connectivity index (χ0) is 44.7. The number of hydrogen-bond donors (Lipinski definition) is 2. The summed E-state index contributed by atoms with van der Waals surface area (Å²) < 4.78 is 32.3. The van der Waals surface area contributed by atoms with Crippen molar-refractivity contribution in [2.45, 2.75) is 195 Å². The van der Waals surface area contributed by atoms with Crippen LogP contribution >= 0.6 is 0 Å². The summed E-state index contributed by atoms with van der Waals surface area (Å²) in [4.78, 5) is 105. The fraction of sp³-hybridized carbons (Fsp3) is 0.805. The number of rotatable bonds is 19. The number of esters is 6. The van der Waals surface area contributed by atoms with Gasteiger partial charge in [-0.15, -0.1) is 0 Å². The molecule has 0 radical (unpaired) electrons. The first-order chi connectivity index (χ1) is 25.6. The van der Waals surface area contributed by atoms with Gasteiger partial charge in [0, 0.05) is 25.7 Å². The van der Waals surface area contributed by atoms with Crippen LogP contribution in [-0.2, 0) is 66.8 Å². The highest BCUT2D eigenvalue weighted by atomic mass is 16.6. The van der Waals surface area contributed by atoms with Crippen LogP contribution in [-0.4, -0.2) is 94.8 Å². The highest BCUT2D eigenvalue weighted by molar-refractivity contribution is 5.88. The van der Waals surface area contributed by atoms with Gasteiger partial charge in [0.05, 0.1) is 18.9 Å².